The Balaban J connectivity index is 1.95. The molecule has 0 fully saturated rings. The zero-order valence-corrected chi connectivity index (χ0v) is 14.6. The molecule has 0 aliphatic carbocycles. The molecule has 0 saturated carbocycles. The van der Waals surface area contributed by atoms with Crippen LogP contribution in [0.2, 0.25) is 0 Å². The Bertz CT molecular complexity index is 845. The van der Waals surface area contributed by atoms with Crippen LogP contribution in [0.4, 0.5) is 11.4 Å². The van der Waals surface area contributed by atoms with Crippen LogP contribution in [0.15, 0.2) is 48.5 Å². The highest BCUT2D eigenvalue weighted by Gasteiger charge is 2.11. The molecule has 0 bridgehead atoms. The number of carbonyl (C=O) groups is 1. The summed E-state index contributed by atoms with van der Waals surface area (Å²) in [6.07, 6.45) is 3.05. The summed E-state index contributed by atoms with van der Waals surface area (Å²) in [4.78, 5) is 22.4. The zero-order chi connectivity index (χ0) is 18.4. The van der Waals surface area contributed by atoms with Crippen molar-refractivity contribution in [2.45, 2.75) is 13.8 Å². The Kier molecular flexibility index (Phi) is 5.97. The highest BCUT2D eigenvalue weighted by Crippen LogP contribution is 2.22. The second-order valence-electron chi connectivity index (χ2n) is 5.45. The van der Waals surface area contributed by atoms with Gasteiger partial charge in [-0.3, -0.25) is 20.2 Å². The summed E-state index contributed by atoms with van der Waals surface area (Å²) in [5.74, 6) is -0.389. The number of carbonyl (C=O) groups excluding carboxylic acids is 1. The Morgan fingerprint density at radius 2 is 1.84 bits per heavy atom. The molecule has 0 aromatic heterocycles. The maximum absolute atomic E-state index is 11.9. The van der Waals surface area contributed by atoms with E-state index in [9.17, 15) is 14.9 Å². The van der Waals surface area contributed by atoms with Crippen molar-refractivity contribution in [1.29, 1.82) is 0 Å². The van der Waals surface area contributed by atoms with Crippen molar-refractivity contribution >= 4 is 40.7 Å². The molecule has 2 aromatic rings. The molecule has 6 nitrogen and oxygen atoms in total. The van der Waals surface area contributed by atoms with E-state index in [2.05, 4.69) is 10.6 Å². The first-order chi connectivity index (χ1) is 11.8. The van der Waals surface area contributed by atoms with Gasteiger partial charge in [0.25, 0.3) is 5.69 Å². The SMILES string of the molecule is Cc1ccc(C=CC(=O)NC(=S)Nc2ccc(C)c([N+](=O)[O-])c2)cc1. The van der Waals surface area contributed by atoms with Crippen LogP contribution >= 0.6 is 12.2 Å². The molecule has 0 atom stereocenters. The number of thiocarbonyl (C=S) groups is 1. The summed E-state index contributed by atoms with van der Waals surface area (Å²) >= 11 is 5.06. The predicted octanol–water partition coefficient (Wildman–Crippen LogP) is 3.74. The second kappa shape index (κ2) is 8.16. The first-order valence-corrected chi connectivity index (χ1v) is 7.88. The Morgan fingerprint density at radius 1 is 1.16 bits per heavy atom. The fraction of sp³-hybridized carbons (Fsp3) is 0.111. The van der Waals surface area contributed by atoms with Crippen molar-refractivity contribution < 1.29 is 9.72 Å². The van der Waals surface area contributed by atoms with Gasteiger partial charge in [-0.15, -0.1) is 0 Å². The highest BCUT2D eigenvalue weighted by atomic mass is 32.1. The number of aryl methyl sites for hydroxylation is 2. The van der Waals surface area contributed by atoms with Gasteiger partial charge in [0.2, 0.25) is 5.91 Å². The number of rotatable bonds is 4. The van der Waals surface area contributed by atoms with E-state index in [-0.39, 0.29) is 16.7 Å². The van der Waals surface area contributed by atoms with E-state index >= 15 is 0 Å². The standard InChI is InChI=1S/C18H17N3O3S/c1-12-3-6-14(7-4-12)8-10-17(22)20-18(25)19-15-9-5-13(2)16(11-15)21(23)24/h3-11H,1-2H3,(H2,19,20,22,25). The maximum Gasteiger partial charge on any atom is 0.274 e. The van der Waals surface area contributed by atoms with Gasteiger partial charge in [0, 0.05) is 23.4 Å². The van der Waals surface area contributed by atoms with Crippen LogP contribution in [0.25, 0.3) is 6.08 Å². The van der Waals surface area contributed by atoms with Crippen LogP contribution in [0.1, 0.15) is 16.7 Å². The third-order valence-electron chi connectivity index (χ3n) is 3.40. The van der Waals surface area contributed by atoms with Crippen molar-refractivity contribution in [3.63, 3.8) is 0 Å². The zero-order valence-electron chi connectivity index (χ0n) is 13.8. The minimum atomic E-state index is -0.466. The summed E-state index contributed by atoms with van der Waals surface area (Å²) in [5.41, 5.74) is 3.00. The predicted molar refractivity (Wildman–Crippen MR) is 102 cm³/mol. The molecule has 0 aliphatic heterocycles. The maximum atomic E-state index is 11.9. The van der Waals surface area contributed by atoms with Gasteiger partial charge in [0.05, 0.1) is 4.92 Å². The van der Waals surface area contributed by atoms with Gasteiger partial charge in [0.15, 0.2) is 5.11 Å². The van der Waals surface area contributed by atoms with E-state index in [1.54, 1.807) is 25.1 Å². The number of nitrogens with zero attached hydrogens (tertiary/aromatic N) is 1. The molecule has 1 amide bonds. The molecule has 2 aromatic carbocycles. The summed E-state index contributed by atoms with van der Waals surface area (Å²) in [5, 5.41) is 16.3. The molecule has 0 unspecified atom stereocenters. The van der Waals surface area contributed by atoms with E-state index < -0.39 is 4.92 Å². The smallest absolute Gasteiger partial charge is 0.274 e. The van der Waals surface area contributed by atoms with Gasteiger partial charge in [-0.25, -0.2) is 0 Å². The molecule has 0 radical (unpaired) electrons. The summed E-state index contributed by atoms with van der Waals surface area (Å²) < 4.78 is 0. The fourth-order valence-corrected chi connectivity index (χ4v) is 2.27. The van der Waals surface area contributed by atoms with Crippen LogP contribution in [0.3, 0.4) is 0 Å². The van der Waals surface area contributed by atoms with Crippen molar-refractivity contribution in [1.82, 2.24) is 5.32 Å². The minimum Gasteiger partial charge on any atom is -0.332 e. The Morgan fingerprint density at radius 3 is 2.48 bits per heavy atom. The van der Waals surface area contributed by atoms with E-state index in [1.165, 1.54) is 12.1 Å². The molecule has 7 heteroatoms. The van der Waals surface area contributed by atoms with Crippen molar-refractivity contribution in [2.24, 2.45) is 0 Å². The van der Waals surface area contributed by atoms with Gasteiger partial charge in [-0.1, -0.05) is 35.9 Å². The first-order valence-electron chi connectivity index (χ1n) is 7.47. The fourth-order valence-electron chi connectivity index (χ4n) is 2.05. The average molecular weight is 355 g/mol. The van der Waals surface area contributed by atoms with E-state index in [0.29, 0.717) is 11.3 Å². The van der Waals surface area contributed by atoms with E-state index in [0.717, 1.165) is 11.1 Å². The first kappa shape index (κ1) is 18.3. The third kappa shape index (κ3) is 5.50. The van der Waals surface area contributed by atoms with Crippen molar-refractivity contribution in [3.8, 4) is 0 Å². The lowest BCUT2D eigenvalue weighted by molar-refractivity contribution is -0.385. The quantitative estimate of drug-likeness (QED) is 0.378. The largest absolute Gasteiger partial charge is 0.332 e. The molecular weight excluding hydrogens is 338 g/mol. The molecule has 0 spiro atoms. The molecule has 2 rings (SSSR count). The highest BCUT2D eigenvalue weighted by molar-refractivity contribution is 7.80. The van der Waals surface area contributed by atoms with Gasteiger partial charge in [-0.2, -0.15) is 0 Å². The molecule has 0 heterocycles. The lowest BCUT2D eigenvalue weighted by Gasteiger charge is -2.08. The number of nitro benzene ring substituents is 1. The third-order valence-corrected chi connectivity index (χ3v) is 3.61. The lowest BCUT2D eigenvalue weighted by Crippen LogP contribution is -2.32. The van der Waals surface area contributed by atoms with Gasteiger partial charge in [0.1, 0.15) is 0 Å². The molecule has 0 aliphatic rings. The van der Waals surface area contributed by atoms with Gasteiger partial charge >= 0.3 is 0 Å². The van der Waals surface area contributed by atoms with Crippen LogP contribution < -0.4 is 10.6 Å². The number of hydrogen-bond donors (Lipinski definition) is 2. The van der Waals surface area contributed by atoms with Crippen LogP contribution in [-0.2, 0) is 4.79 Å². The minimum absolute atomic E-state index is 0.0154. The van der Waals surface area contributed by atoms with Gasteiger partial charge < -0.3 is 5.32 Å². The van der Waals surface area contributed by atoms with Crippen molar-refractivity contribution in [2.75, 3.05) is 5.32 Å². The molecule has 2 N–H and O–H groups in total. The van der Waals surface area contributed by atoms with Gasteiger partial charge in [-0.05, 0) is 43.8 Å². The monoisotopic (exact) mass is 355 g/mol. The Labute approximate surface area is 150 Å². The van der Waals surface area contributed by atoms with E-state index in [1.807, 2.05) is 31.2 Å². The summed E-state index contributed by atoms with van der Waals surface area (Å²) in [6.45, 7) is 3.64. The number of nitro groups is 1. The average Bonchev–Trinajstić information content (AvgIpc) is 2.55. The number of anilines is 1. The molecule has 25 heavy (non-hydrogen) atoms. The van der Waals surface area contributed by atoms with E-state index in [4.69, 9.17) is 12.2 Å². The molecule has 0 saturated heterocycles. The number of nitrogens with one attached hydrogen (secondary N) is 2. The lowest BCUT2D eigenvalue weighted by atomic mass is 10.1. The van der Waals surface area contributed by atoms with Crippen molar-refractivity contribution in [3.05, 3.63) is 75.3 Å². The number of benzene rings is 2. The topological polar surface area (TPSA) is 84.3 Å². The number of hydrogen-bond acceptors (Lipinski definition) is 4. The molecular formula is C18H17N3O3S. The number of amides is 1. The Hall–Kier alpha value is -3.06. The molecule has 128 valence electrons. The summed E-state index contributed by atoms with van der Waals surface area (Å²) in [7, 11) is 0. The normalized spacial score (nSPS) is 10.5. The second-order valence-corrected chi connectivity index (χ2v) is 5.85. The van der Waals surface area contributed by atoms with Crippen LogP contribution in [0.5, 0.6) is 0 Å². The van der Waals surface area contributed by atoms with Crippen LogP contribution in [-0.4, -0.2) is 15.9 Å². The summed E-state index contributed by atoms with van der Waals surface area (Å²) in [6, 6.07) is 12.4. The van der Waals surface area contributed by atoms with Crippen LogP contribution in [0, 0.1) is 24.0 Å².